The molecule has 7 heteroatoms. The van der Waals surface area contributed by atoms with E-state index in [0.717, 1.165) is 24.2 Å². The van der Waals surface area contributed by atoms with Crippen molar-refractivity contribution >= 4 is 17.8 Å². The smallest absolute Gasteiger partial charge is 0.248 e. The molecule has 1 saturated heterocycles. The lowest BCUT2D eigenvalue weighted by Gasteiger charge is -2.16. The highest BCUT2D eigenvalue weighted by atomic mass is 16.2. The van der Waals surface area contributed by atoms with Gasteiger partial charge in [0.25, 0.3) is 0 Å². The zero-order valence-electron chi connectivity index (χ0n) is 13.2. The zero-order chi connectivity index (χ0) is 16.5. The predicted molar refractivity (Wildman–Crippen MR) is 87.0 cm³/mol. The van der Waals surface area contributed by atoms with E-state index in [2.05, 4.69) is 20.5 Å². The Hall–Kier alpha value is -2.70. The molecule has 24 heavy (non-hydrogen) atoms. The van der Waals surface area contributed by atoms with Crippen LogP contribution in [0.4, 0.5) is 5.95 Å². The summed E-state index contributed by atoms with van der Waals surface area (Å²) >= 11 is 0. The van der Waals surface area contributed by atoms with E-state index in [1.165, 1.54) is 0 Å². The third-order valence-corrected chi connectivity index (χ3v) is 4.50. The zero-order valence-corrected chi connectivity index (χ0v) is 13.2. The fourth-order valence-electron chi connectivity index (χ4n) is 2.99. The molecule has 2 amide bonds. The molecule has 2 aromatic rings. The summed E-state index contributed by atoms with van der Waals surface area (Å²) < 4.78 is 0. The van der Waals surface area contributed by atoms with Gasteiger partial charge >= 0.3 is 0 Å². The summed E-state index contributed by atoms with van der Waals surface area (Å²) in [6.07, 6.45) is 2.47. The number of nitrogens with zero attached hydrogens (tertiary/aromatic N) is 3. The SMILES string of the molecule is O=C(Nc1n[nH]c(C2CC2)n1)C1CC(=O)N(Cc2ccccc2)C1. The summed E-state index contributed by atoms with van der Waals surface area (Å²) in [4.78, 5) is 30.5. The normalized spacial score (nSPS) is 20.4. The standard InChI is InChI=1S/C17H19N5O2/c23-14-8-13(10-22(14)9-11-4-2-1-3-5-11)16(24)19-17-18-15(20-21-17)12-6-7-12/h1-5,12-13H,6-10H2,(H2,18,19,20,21,24). The molecule has 7 nitrogen and oxygen atoms in total. The summed E-state index contributed by atoms with van der Waals surface area (Å²) in [5.41, 5.74) is 1.06. The van der Waals surface area contributed by atoms with E-state index in [4.69, 9.17) is 0 Å². The van der Waals surface area contributed by atoms with Crippen LogP contribution in [0.1, 0.15) is 36.6 Å². The molecule has 1 saturated carbocycles. The Morgan fingerprint density at radius 3 is 2.83 bits per heavy atom. The van der Waals surface area contributed by atoms with Crippen LogP contribution in [0, 0.1) is 5.92 Å². The highest BCUT2D eigenvalue weighted by Gasteiger charge is 2.35. The van der Waals surface area contributed by atoms with Crippen LogP contribution in [0.25, 0.3) is 0 Å². The van der Waals surface area contributed by atoms with E-state index in [-0.39, 0.29) is 24.2 Å². The van der Waals surface area contributed by atoms with Gasteiger partial charge in [-0.25, -0.2) is 0 Å². The number of benzene rings is 1. The molecule has 1 aliphatic carbocycles. The van der Waals surface area contributed by atoms with Gasteiger partial charge in [0.05, 0.1) is 5.92 Å². The molecule has 1 atom stereocenters. The fourth-order valence-corrected chi connectivity index (χ4v) is 2.99. The third kappa shape index (κ3) is 3.15. The molecule has 0 bridgehead atoms. The molecule has 0 spiro atoms. The summed E-state index contributed by atoms with van der Waals surface area (Å²) in [6.45, 7) is 0.968. The quantitative estimate of drug-likeness (QED) is 0.875. The van der Waals surface area contributed by atoms with Gasteiger partial charge in [0, 0.05) is 25.4 Å². The van der Waals surface area contributed by atoms with E-state index in [0.29, 0.717) is 25.0 Å². The Morgan fingerprint density at radius 2 is 2.08 bits per heavy atom. The minimum Gasteiger partial charge on any atom is -0.338 e. The number of nitrogens with one attached hydrogen (secondary N) is 2. The topological polar surface area (TPSA) is 91.0 Å². The van der Waals surface area contributed by atoms with Crippen molar-refractivity contribution in [1.82, 2.24) is 20.1 Å². The first-order valence-electron chi connectivity index (χ1n) is 8.24. The van der Waals surface area contributed by atoms with Gasteiger partial charge in [0.15, 0.2) is 0 Å². The number of anilines is 1. The van der Waals surface area contributed by atoms with Crippen molar-refractivity contribution in [2.45, 2.75) is 31.7 Å². The van der Waals surface area contributed by atoms with Crippen molar-refractivity contribution in [3.63, 3.8) is 0 Å². The van der Waals surface area contributed by atoms with Crippen LogP contribution in [0.5, 0.6) is 0 Å². The second-order valence-electron chi connectivity index (χ2n) is 6.47. The molecule has 4 rings (SSSR count). The van der Waals surface area contributed by atoms with Crippen molar-refractivity contribution in [3.8, 4) is 0 Å². The van der Waals surface area contributed by atoms with Gasteiger partial charge < -0.3 is 4.90 Å². The van der Waals surface area contributed by atoms with Gasteiger partial charge in [-0.1, -0.05) is 30.3 Å². The first-order chi connectivity index (χ1) is 11.7. The van der Waals surface area contributed by atoms with E-state index in [9.17, 15) is 9.59 Å². The number of hydrogen-bond donors (Lipinski definition) is 2. The number of hydrogen-bond acceptors (Lipinski definition) is 4. The Bertz CT molecular complexity index is 753. The van der Waals surface area contributed by atoms with Gasteiger partial charge in [0.1, 0.15) is 5.82 Å². The maximum Gasteiger partial charge on any atom is 0.248 e. The van der Waals surface area contributed by atoms with Gasteiger partial charge in [-0.3, -0.25) is 20.0 Å². The predicted octanol–water partition coefficient (Wildman–Crippen LogP) is 1.67. The molecule has 2 aliphatic rings. The second kappa shape index (κ2) is 6.07. The number of amides is 2. The highest BCUT2D eigenvalue weighted by molar-refractivity contribution is 5.96. The Kier molecular flexibility index (Phi) is 3.76. The summed E-state index contributed by atoms with van der Waals surface area (Å²) in [7, 11) is 0. The molecule has 1 aromatic carbocycles. The van der Waals surface area contributed by atoms with Gasteiger partial charge in [-0.05, 0) is 18.4 Å². The molecule has 124 valence electrons. The lowest BCUT2D eigenvalue weighted by Crippen LogP contribution is -2.28. The highest BCUT2D eigenvalue weighted by Crippen LogP contribution is 2.38. The molecular formula is C17H19N5O2. The maximum atomic E-state index is 12.4. The average molecular weight is 325 g/mol. The number of aromatic nitrogens is 3. The van der Waals surface area contributed by atoms with Crippen molar-refractivity contribution in [1.29, 1.82) is 0 Å². The summed E-state index contributed by atoms with van der Waals surface area (Å²) in [5, 5.41) is 9.61. The number of H-pyrrole nitrogens is 1. The second-order valence-corrected chi connectivity index (χ2v) is 6.47. The molecule has 1 aliphatic heterocycles. The lowest BCUT2D eigenvalue weighted by molar-refractivity contribution is -0.128. The summed E-state index contributed by atoms with van der Waals surface area (Å²) in [6, 6.07) is 9.79. The van der Waals surface area contributed by atoms with Crippen LogP contribution in [0.2, 0.25) is 0 Å². The van der Waals surface area contributed by atoms with Crippen molar-refractivity contribution in [2.75, 3.05) is 11.9 Å². The van der Waals surface area contributed by atoms with Crippen LogP contribution in [-0.2, 0) is 16.1 Å². The first kappa shape index (κ1) is 14.9. The van der Waals surface area contributed by atoms with E-state index >= 15 is 0 Å². The summed E-state index contributed by atoms with van der Waals surface area (Å²) in [5.74, 6) is 1.05. The van der Waals surface area contributed by atoms with Crippen LogP contribution >= 0.6 is 0 Å². The van der Waals surface area contributed by atoms with Gasteiger partial charge in [-0.2, -0.15) is 4.98 Å². The van der Waals surface area contributed by atoms with Crippen LogP contribution < -0.4 is 5.32 Å². The third-order valence-electron chi connectivity index (χ3n) is 4.50. The van der Waals surface area contributed by atoms with Crippen LogP contribution in [-0.4, -0.2) is 38.4 Å². The minimum absolute atomic E-state index is 0.00709. The van der Waals surface area contributed by atoms with E-state index < -0.39 is 0 Å². The Morgan fingerprint density at radius 1 is 1.29 bits per heavy atom. The molecule has 2 N–H and O–H groups in total. The number of likely N-dealkylation sites (tertiary alicyclic amines) is 1. The molecule has 2 fully saturated rings. The Labute approximate surface area is 139 Å². The maximum absolute atomic E-state index is 12.4. The monoisotopic (exact) mass is 325 g/mol. The van der Waals surface area contributed by atoms with Crippen LogP contribution in [0.3, 0.4) is 0 Å². The van der Waals surface area contributed by atoms with Crippen molar-refractivity contribution in [2.24, 2.45) is 5.92 Å². The fraction of sp³-hybridized carbons (Fsp3) is 0.412. The van der Waals surface area contributed by atoms with Crippen molar-refractivity contribution in [3.05, 3.63) is 41.7 Å². The molecular weight excluding hydrogens is 306 g/mol. The number of carbonyl (C=O) groups is 2. The number of aromatic amines is 1. The van der Waals surface area contributed by atoms with Crippen molar-refractivity contribution < 1.29 is 9.59 Å². The van der Waals surface area contributed by atoms with Gasteiger partial charge in [0.2, 0.25) is 17.8 Å². The first-order valence-corrected chi connectivity index (χ1v) is 8.24. The van der Waals surface area contributed by atoms with Gasteiger partial charge in [-0.15, -0.1) is 5.10 Å². The Balaban J connectivity index is 1.35. The minimum atomic E-state index is -0.357. The largest absolute Gasteiger partial charge is 0.338 e. The molecule has 1 unspecified atom stereocenters. The number of rotatable bonds is 5. The van der Waals surface area contributed by atoms with Crippen LogP contribution in [0.15, 0.2) is 30.3 Å². The molecule has 0 radical (unpaired) electrons. The number of carbonyl (C=O) groups excluding carboxylic acids is 2. The van der Waals surface area contributed by atoms with E-state index in [1.54, 1.807) is 4.90 Å². The van der Waals surface area contributed by atoms with E-state index in [1.807, 2.05) is 30.3 Å². The molecule has 2 heterocycles. The molecule has 1 aromatic heterocycles. The lowest BCUT2D eigenvalue weighted by atomic mass is 10.1. The average Bonchev–Trinajstić information content (AvgIpc) is 3.23.